The van der Waals surface area contributed by atoms with E-state index < -0.39 is 0 Å². The van der Waals surface area contributed by atoms with Gasteiger partial charge in [0.15, 0.2) is 0 Å². The van der Waals surface area contributed by atoms with E-state index in [1.807, 2.05) is 6.20 Å². The third kappa shape index (κ3) is 2.65. The van der Waals surface area contributed by atoms with Gasteiger partial charge in [0.05, 0.1) is 18.2 Å². The zero-order chi connectivity index (χ0) is 14.2. The summed E-state index contributed by atoms with van der Waals surface area (Å²) in [5.41, 5.74) is 1.99. The van der Waals surface area contributed by atoms with Crippen molar-refractivity contribution in [3.05, 3.63) is 22.7 Å². The molecule has 1 saturated carbocycles. The Morgan fingerprint density at radius 2 is 2.35 bits per heavy atom. The van der Waals surface area contributed by atoms with Crippen LogP contribution >= 0.6 is 11.6 Å². The first-order valence-corrected chi connectivity index (χ1v) is 7.32. The van der Waals surface area contributed by atoms with Crippen LogP contribution in [0.15, 0.2) is 6.20 Å². The number of hydrogen-bond donors (Lipinski definition) is 0. The molecule has 1 fully saturated rings. The maximum Gasteiger partial charge on any atom is 0.311 e. The second-order valence-electron chi connectivity index (χ2n) is 5.66. The number of ether oxygens (including phenoxy) is 1. The van der Waals surface area contributed by atoms with Gasteiger partial charge in [-0.2, -0.15) is 0 Å². The minimum absolute atomic E-state index is 0.0509. The van der Waals surface area contributed by atoms with Crippen LogP contribution in [-0.4, -0.2) is 41.0 Å². The maximum atomic E-state index is 11.7. The molecular weight excluding hydrogens is 278 g/mol. The van der Waals surface area contributed by atoms with Crippen LogP contribution in [0.25, 0.3) is 0 Å². The van der Waals surface area contributed by atoms with E-state index in [-0.39, 0.29) is 11.4 Å². The summed E-state index contributed by atoms with van der Waals surface area (Å²) < 4.78 is 4.89. The second kappa shape index (κ2) is 5.30. The molecule has 0 bridgehead atoms. The quantitative estimate of drug-likeness (QED) is 0.626. The van der Waals surface area contributed by atoms with Crippen LogP contribution in [0.2, 0.25) is 5.28 Å². The molecule has 2 aliphatic rings. The zero-order valence-electron chi connectivity index (χ0n) is 11.6. The van der Waals surface area contributed by atoms with E-state index in [2.05, 4.69) is 14.9 Å². The van der Waals surface area contributed by atoms with Gasteiger partial charge >= 0.3 is 5.97 Å². The highest BCUT2D eigenvalue weighted by atomic mass is 35.5. The largest absolute Gasteiger partial charge is 0.469 e. The number of fused-ring (bicyclic) bond motifs is 1. The van der Waals surface area contributed by atoms with Crippen molar-refractivity contribution in [3.8, 4) is 0 Å². The summed E-state index contributed by atoms with van der Waals surface area (Å²) in [6, 6.07) is 0. The highest BCUT2D eigenvalue weighted by molar-refractivity contribution is 6.28. The predicted octanol–water partition coefficient (Wildman–Crippen LogP) is 1.83. The fourth-order valence-electron chi connectivity index (χ4n) is 2.84. The smallest absolute Gasteiger partial charge is 0.311 e. The van der Waals surface area contributed by atoms with E-state index in [0.717, 1.165) is 56.6 Å². The van der Waals surface area contributed by atoms with Crippen LogP contribution in [0.5, 0.6) is 0 Å². The fourth-order valence-corrected chi connectivity index (χ4v) is 2.99. The van der Waals surface area contributed by atoms with Gasteiger partial charge in [-0.1, -0.05) is 0 Å². The summed E-state index contributed by atoms with van der Waals surface area (Å²) in [6.45, 7) is 2.71. The molecule has 6 heteroatoms. The molecule has 1 aliphatic carbocycles. The molecule has 1 aromatic rings. The Morgan fingerprint density at radius 1 is 1.55 bits per heavy atom. The molecule has 3 rings (SSSR count). The first-order chi connectivity index (χ1) is 9.63. The summed E-state index contributed by atoms with van der Waals surface area (Å²) in [5, 5.41) is 0.319. The molecule has 20 heavy (non-hydrogen) atoms. The van der Waals surface area contributed by atoms with Crippen molar-refractivity contribution >= 4 is 17.6 Å². The molecule has 0 radical (unpaired) electrons. The molecule has 0 aromatic carbocycles. The van der Waals surface area contributed by atoms with Gasteiger partial charge in [-0.05, 0) is 37.4 Å². The molecule has 108 valence electrons. The number of nitrogens with zero attached hydrogens (tertiary/aromatic N) is 3. The van der Waals surface area contributed by atoms with Gasteiger partial charge in [-0.3, -0.25) is 9.69 Å². The maximum absolute atomic E-state index is 11.7. The number of carbonyl (C=O) groups excluding carboxylic acids is 1. The molecule has 0 amide bonds. The van der Waals surface area contributed by atoms with Crippen molar-refractivity contribution in [2.45, 2.75) is 32.2 Å². The van der Waals surface area contributed by atoms with Gasteiger partial charge in [-0.15, -0.1) is 0 Å². The third-order valence-electron chi connectivity index (χ3n) is 4.36. The molecule has 0 atom stereocenters. The molecule has 0 saturated heterocycles. The van der Waals surface area contributed by atoms with E-state index in [1.54, 1.807) is 0 Å². The average Bonchev–Trinajstić information content (AvgIpc) is 3.25. The molecular formula is C14H18ClN3O2. The lowest BCUT2D eigenvalue weighted by Crippen LogP contribution is -2.34. The van der Waals surface area contributed by atoms with Crippen LogP contribution in [0.1, 0.15) is 30.5 Å². The van der Waals surface area contributed by atoms with Crippen molar-refractivity contribution in [1.82, 2.24) is 14.9 Å². The number of esters is 1. The van der Waals surface area contributed by atoms with Crippen molar-refractivity contribution in [1.29, 1.82) is 0 Å². The van der Waals surface area contributed by atoms with Crippen LogP contribution in [0.3, 0.4) is 0 Å². The van der Waals surface area contributed by atoms with Gasteiger partial charge < -0.3 is 4.74 Å². The number of rotatable bonds is 4. The van der Waals surface area contributed by atoms with Gasteiger partial charge in [0.2, 0.25) is 5.28 Å². The summed E-state index contributed by atoms with van der Waals surface area (Å²) in [6.07, 6.45) is 5.50. The van der Waals surface area contributed by atoms with Crippen molar-refractivity contribution in [3.63, 3.8) is 0 Å². The minimum Gasteiger partial charge on any atom is -0.469 e. The first kappa shape index (κ1) is 13.8. The van der Waals surface area contributed by atoms with Gasteiger partial charge in [0.25, 0.3) is 0 Å². The van der Waals surface area contributed by atoms with Crippen molar-refractivity contribution in [2.75, 3.05) is 20.2 Å². The zero-order valence-corrected chi connectivity index (χ0v) is 12.3. The van der Waals surface area contributed by atoms with Crippen molar-refractivity contribution in [2.24, 2.45) is 5.41 Å². The van der Waals surface area contributed by atoms with Gasteiger partial charge in [0, 0.05) is 31.3 Å². The topological polar surface area (TPSA) is 55.3 Å². The molecule has 0 N–H and O–H groups in total. The van der Waals surface area contributed by atoms with E-state index in [9.17, 15) is 4.79 Å². The van der Waals surface area contributed by atoms with Crippen LogP contribution in [-0.2, 0) is 22.5 Å². The summed E-state index contributed by atoms with van der Waals surface area (Å²) in [5.74, 6) is -0.0509. The van der Waals surface area contributed by atoms with Crippen LogP contribution in [0, 0.1) is 5.41 Å². The number of methoxy groups -OCH3 is 1. The van der Waals surface area contributed by atoms with E-state index >= 15 is 0 Å². The van der Waals surface area contributed by atoms with Gasteiger partial charge in [0.1, 0.15) is 0 Å². The lowest BCUT2D eigenvalue weighted by molar-refractivity contribution is -0.147. The summed E-state index contributed by atoms with van der Waals surface area (Å²) >= 11 is 5.81. The second-order valence-corrected chi connectivity index (χ2v) is 6.00. The number of carbonyl (C=O) groups is 1. The molecule has 2 heterocycles. The summed E-state index contributed by atoms with van der Waals surface area (Å²) in [7, 11) is 1.47. The Kier molecular flexibility index (Phi) is 3.65. The van der Waals surface area contributed by atoms with E-state index in [4.69, 9.17) is 16.3 Å². The summed E-state index contributed by atoms with van der Waals surface area (Å²) in [4.78, 5) is 22.4. The minimum atomic E-state index is -0.203. The van der Waals surface area contributed by atoms with Gasteiger partial charge in [-0.25, -0.2) is 9.97 Å². The first-order valence-electron chi connectivity index (χ1n) is 6.94. The normalized spacial score (nSPS) is 20.3. The highest BCUT2D eigenvalue weighted by Gasteiger charge is 2.50. The highest BCUT2D eigenvalue weighted by Crippen LogP contribution is 2.49. The van der Waals surface area contributed by atoms with Crippen molar-refractivity contribution < 1.29 is 9.53 Å². The third-order valence-corrected chi connectivity index (χ3v) is 4.54. The predicted molar refractivity (Wildman–Crippen MR) is 74.3 cm³/mol. The number of hydrogen-bond acceptors (Lipinski definition) is 5. The Morgan fingerprint density at radius 3 is 3.05 bits per heavy atom. The Labute approximate surface area is 123 Å². The number of halogens is 1. The average molecular weight is 296 g/mol. The molecule has 5 nitrogen and oxygen atoms in total. The lowest BCUT2D eigenvalue weighted by Gasteiger charge is -2.28. The van der Waals surface area contributed by atoms with E-state index in [0.29, 0.717) is 5.28 Å². The Hall–Kier alpha value is -1.20. The SMILES string of the molecule is COC(=O)C1(CCN2CCc3nc(Cl)ncc3C2)CC1. The Balaban J connectivity index is 1.58. The van der Waals surface area contributed by atoms with Crippen LogP contribution < -0.4 is 0 Å². The fraction of sp³-hybridized carbons (Fsp3) is 0.643. The standard InChI is InChI=1S/C14H18ClN3O2/c1-20-12(19)14(3-4-14)5-7-18-6-2-11-10(9-18)8-16-13(15)17-11/h8H,2-7,9H2,1H3. The van der Waals surface area contributed by atoms with Crippen LogP contribution in [0.4, 0.5) is 0 Å². The molecule has 1 aromatic heterocycles. The monoisotopic (exact) mass is 295 g/mol. The molecule has 0 unspecified atom stereocenters. The molecule has 0 spiro atoms. The van der Waals surface area contributed by atoms with E-state index in [1.165, 1.54) is 7.11 Å². The number of aromatic nitrogens is 2. The lowest BCUT2D eigenvalue weighted by atomic mass is 10.0. The Bertz CT molecular complexity index is 531. The molecule has 1 aliphatic heterocycles.